The summed E-state index contributed by atoms with van der Waals surface area (Å²) in [6.07, 6.45) is 3.60. The Morgan fingerprint density at radius 1 is 0.976 bits per heavy atom. The predicted molar refractivity (Wildman–Crippen MR) is 148 cm³/mol. The first kappa shape index (κ1) is 26.7. The summed E-state index contributed by atoms with van der Waals surface area (Å²) >= 11 is 0. The van der Waals surface area contributed by atoms with E-state index in [1.54, 1.807) is 13.0 Å². The average Bonchev–Trinajstić information content (AvgIpc) is 3.58. The summed E-state index contributed by atoms with van der Waals surface area (Å²) in [7, 11) is 1.52. The summed E-state index contributed by atoms with van der Waals surface area (Å²) in [4.78, 5) is 13.6. The highest BCUT2D eigenvalue weighted by atomic mass is 19.1. The molecule has 210 valence electrons. The summed E-state index contributed by atoms with van der Waals surface area (Å²) in [6.45, 7) is 2.10. The van der Waals surface area contributed by atoms with Crippen LogP contribution in [-0.4, -0.2) is 45.1 Å². The van der Waals surface area contributed by atoms with E-state index in [1.807, 2.05) is 24.3 Å². The number of rotatable bonds is 9. The number of benzene rings is 2. The number of aromatic nitrogens is 5. The Balaban J connectivity index is 1.39. The number of hydrogen-bond donors (Lipinski definition) is 1. The zero-order valence-electron chi connectivity index (χ0n) is 22.5. The van der Waals surface area contributed by atoms with Crippen LogP contribution in [-0.2, 0) is 24.1 Å². The lowest BCUT2D eigenvalue weighted by atomic mass is 10.1. The Morgan fingerprint density at radius 2 is 1.78 bits per heavy atom. The van der Waals surface area contributed by atoms with Gasteiger partial charge in [0.2, 0.25) is 0 Å². The molecule has 0 fully saturated rings. The minimum atomic E-state index is -0.742. The molecule has 0 unspecified atom stereocenters. The molecule has 3 aromatic heterocycles. The number of nitrogens with zero attached hydrogens (tertiary/aromatic N) is 5. The van der Waals surface area contributed by atoms with Gasteiger partial charge in [-0.2, -0.15) is 5.10 Å². The summed E-state index contributed by atoms with van der Waals surface area (Å²) in [5, 5.41) is 8.59. The van der Waals surface area contributed by atoms with Crippen molar-refractivity contribution in [2.75, 3.05) is 25.6 Å². The fourth-order valence-corrected chi connectivity index (χ4v) is 5.03. The second-order valence-corrected chi connectivity index (χ2v) is 9.84. The SMILES string of the molecule is COCCOc1cc(F)c(Cn2nc(-c3nc4c(c(Nc5cc(C)ncc5F)n3)CCC4)c3ccccc32)c(F)c1. The van der Waals surface area contributed by atoms with Crippen LogP contribution < -0.4 is 10.1 Å². The van der Waals surface area contributed by atoms with Crippen LogP contribution >= 0.6 is 0 Å². The van der Waals surface area contributed by atoms with E-state index < -0.39 is 17.5 Å². The molecule has 1 N–H and O–H groups in total. The molecule has 2 aromatic carbocycles. The molecule has 0 saturated heterocycles. The van der Waals surface area contributed by atoms with Gasteiger partial charge >= 0.3 is 0 Å². The molecule has 3 heterocycles. The number of methoxy groups -OCH3 is 1. The van der Waals surface area contributed by atoms with E-state index in [2.05, 4.69) is 10.3 Å². The number of hydrogen-bond acceptors (Lipinski definition) is 7. The summed E-state index contributed by atoms with van der Waals surface area (Å²) in [5.74, 6) is -1.04. The van der Waals surface area contributed by atoms with Crippen molar-refractivity contribution in [3.05, 3.63) is 88.6 Å². The van der Waals surface area contributed by atoms with Gasteiger partial charge in [0.15, 0.2) is 11.6 Å². The van der Waals surface area contributed by atoms with E-state index in [0.29, 0.717) is 35.2 Å². The van der Waals surface area contributed by atoms with E-state index in [4.69, 9.17) is 24.5 Å². The Labute approximate surface area is 234 Å². The van der Waals surface area contributed by atoms with Crippen LogP contribution in [0, 0.1) is 24.4 Å². The first-order valence-corrected chi connectivity index (χ1v) is 13.3. The van der Waals surface area contributed by atoms with Gasteiger partial charge in [0.25, 0.3) is 0 Å². The minimum Gasteiger partial charge on any atom is -0.491 e. The normalized spacial score (nSPS) is 12.6. The smallest absolute Gasteiger partial charge is 0.182 e. The molecule has 0 bridgehead atoms. The van der Waals surface area contributed by atoms with Gasteiger partial charge in [0, 0.05) is 47.1 Å². The number of para-hydroxylation sites is 1. The van der Waals surface area contributed by atoms with E-state index in [1.165, 1.54) is 18.0 Å². The molecule has 8 nitrogen and oxygen atoms in total. The highest BCUT2D eigenvalue weighted by molar-refractivity contribution is 5.92. The Hall–Kier alpha value is -4.51. The number of halogens is 3. The van der Waals surface area contributed by atoms with Crippen molar-refractivity contribution in [1.29, 1.82) is 0 Å². The standard InChI is InChI=1S/C30H27F3N6O2/c1-17-12-26(24(33)15-34-17)36-29-19-7-5-8-25(19)35-30(37-29)28-20-6-3-4-9-27(20)39(38-28)16-21-22(31)13-18(14-23(21)32)41-11-10-40-2/h3-4,6,9,12-15H,5,7-8,10-11,16H2,1-2H3,(H,34,35,36,37). The van der Waals surface area contributed by atoms with Gasteiger partial charge in [0.05, 0.1) is 30.6 Å². The summed E-state index contributed by atoms with van der Waals surface area (Å²) < 4.78 is 56.5. The molecule has 0 saturated carbocycles. The Kier molecular flexibility index (Phi) is 7.27. The number of ether oxygens (including phenoxy) is 2. The van der Waals surface area contributed by atoms with Crippen molar-refractivity contribution in [3.8, 4) is 17.3 Å². The topological polar surface area (TPSA) is 87.0 Å². The number of anilines is 2. The van der Waals surface area contributed by atoms with Crippen LogP contribution in [0.4, 0.5) is 24.7 Å². The van der Waals surface area contributed by atoms with Gasteiger partial charge in [-0.15, -0.1) is 0 Å². The third-order valence-corrected chi connectivity index (χ3v) is 7.03. The molecule has 11 heteroatoms. The van der Waals surface area contributed by atoms with Crippen molar-refractivity contribution in [2.24, 2.45) is 0 Å². The van der Waals surface area contributed by atoms with Gasteiger partial charge in [-0.25, -0.2) is 23.1 Å². The largest absolute Gasteiger partial charge is 0.491 e. The van der Waals surface area contributed by atoms with Crippen molar-refractivity contribution >= 4 is 22.4 Å². The molecular formula is C30H27F3N6O2. The summed E-state index contributed by atoms with van der Waals surface area (Å²) in [5.41, 5.74) is 3.71. The maximum atomic E-state index is 15.0. The van der Waals surface area contributed by atoms with Crippen molar-refractivity contribution in [1.82, 2.24) is 24.7 Å². The lowest BCUT2D eigenvalue weighted by Gasteiger charge is -2.13. The van der Waals surface area contributed by atoms with Crippen LogP contribution in [0.15, 0.2) is 48.7 Å². The predicted octanol–water partition coefficient (Wildman–Crippen LogP) is 5.92. The lowest BCUT2D eigenvalue weighted by Crippen LogP contribution is -2.09. The molecule has 1 aliphatic carbocycles. The van der Waals surface area contributed by atoms with E-state index in [0.717, 1.165) is 48.0 Å². The fraction of sp³-hybridized carbons (Fsp3) is 0.267. The van der Waals surface area contributed by atoms with Crippen molar-refractivity contribution in [2.45, 2.75) is 32.7 Å². The molecule has 0 amide bonds. The number of fused-ring (bicyclic) bond motifs is 2. The Morgan fingerprint density at radius 3 is 2.59 bits per heavy atom. The molecule has 1 aliphatic rings. The first-order chi connectivity index (χ1) is 19.9. The van der Waals surface area contributed by atoms with Crippen LogP contribution in [0.25, 0.3) is 22.4 Å². The van der Waals surface area contributed by atoms with Crippen LogP contribution in [0.5, 0.6) is 5.75 Å². The molecule has 0 aliphatic heterocycles. The first-order valence-electron chi connectivity index (χ1n) is 13.3. The maximum absolute atomic E-state index is 15.0. The number of pyridine rings is 1. The van der Waals surface area contributed by atoms with Crippen LogP contribution in [0.1, 0.15) is 28.9 Å². The molecule has 41 heavy (non-hydrogen) atoms. The number of aryl methyl sites for hydroxylation is 2. The maximum Gasteiger partial charge on any atom is 0.182 e. The summed E-state index contributed by atoms with van der Waals surface area (Å²) in [6, 6.07) is 11.3. The number of nitrogens with one attached hydrogen (secondary N) is 1. The van der Waals surface area contributed by atoms with Crippen molar-refractivity contribution < 1.29 is 22.6 Å². The molecule has 0 radical (unpaired) electrons. The second kappa shape index (κ2) is 11.2. The minimum absolute atomic E-state index is 0.0826. The van der Waals surface area contributed by atoms with Gasteiger partial charge < -0.3 is 14.8 Å². The van der Waals surface area contributed by atoms with E-state index >= 15 is 8.78 Å². The van der Waals surface area contributed by atoms with Crippen LogP contribution in [0.3, 0.4) is 0 Å². The zero-order valence-corrected chi connectivity index (χ0v) is 22.5. The highest BCUT2D eigenvalue weighted by Crippen LogP contribution is 2.34. The van der Waals surface area contributed by atoms with Crippen LogP contribution in [0.2, 0.25) is 0 Å². The third-order valence-electron chi connectivity index (χ3n) is 7.03. The van der Waals surface area contributed by atoms with E-state index in [-0.39, 0.29) is 30.2 Å². The average molecular weight is 561 g/mol. The Bertz CT molecular complexity index is 1730. The lowest BCUT2D eigenvalue weighted by molar-refractivity contribution is 0.146. The zero-order chi connectivity index (χ0) is 28.5. The third kappa shape index (κ3) is 5.32. The second-order valence-electron chi connectivity index (χ2n) is 9.84. The van der Waals surface area contributed by atoms with Gasteiger partial charge in [0.1, 0.15) is 35.5 Å². The van der Waals surface area contributed by atoms with Gasteiger partial charge in [-0.1, -0.05) is 18.2 Å². The molecule has 5 aromatic rings. The quantitative estimate of drug-likeness (QED) is 0.224. The molecular weight excluding hydrogens is 533 g/mol. The van der Waals surface area contributed by atoms with Gasteiger partial charge in [-0.3, -0.25) is 9.67 Å². The highest BCUT2D eigenvalue weighted by Gasteiger charge is 2.24. The van der Waals surface area contributed by atoms with E-state index in [9.17, 15) is 4.39 Å². The molecule has 0 atom stereocenters. The fourth-order valence-electron chi connectivity index (χ4n) is 5.03. The monoisotopic (exact) mass is 560 g/mol. The molecule has 0 spiro atoms. The molecule has 6 rings (SSSR count). The van der Waals surface area contributed by atoms with Gasteiger partial charge in [-0.05, 0) is 38.3 Å². The van der Waals surface area contributed by atoms with Crippen molar-refractivity contribution in [3.63, 3.8) is 0 Å².